The highest BCUT2D eigenvalue weighted by Gasteiger charge is 2.33. The van der Waals surface area contributed by atoms with E-state index in [-0.39, 0.29) is 35.7 Å². The van der Waals surface area contributed by atoms with E-state index in [1.165, 1.54) is 5.56 Å². The summed E-state index contributed by atoms with van der Waals surface area (Å²) in [6, 6.07) is 17.0. The Morgan fingerprint density at radius 1 is 0.833 bits per heavy atom. The number of nitrogens with zero attached hydrogens (tertiary/aromatic N) is 1. The first-order chi connectivity index (χ1) is 17.5. The molecule has 3 atom stereocenters. The molecule has 36 heavy (non-hydrogen) atoms. The van der Waals surface area contributed by atoms with Crippen molar-refractivity contribution >= 4 is 17.7 Å². The van der Waals surface area contributed by atoms with Crippen LogP contribution in [0.4, 0.5) is 0 Å². The average molecular weight is 490 g/mol. The molecule has 0 radical (unpaired) electrons. The number of hydrogen-bond acceptors (Lipinski definition) is 3. The Balaban J connectivity index is 1.33. The fourth-order valence-electron chi connectivity index (χ4n) is 5.37. The fourth-order valence-corrected chi connectivity index (χ4v) is 5.37. The normalized spacial score (nSPS) is 22.0. The van der Waals surface area contributed by atoms with Crippen molar-refractivity contribution < 1.29 is 14.4 Å². The number of carbonyl (C=O) groups excluding carboxylic acids is 3. The zero-order valence-electron chi connectivity index (χ0n) is 21.4. The van der Waals surface area contributed by atoms with Crippen molar-refractivity contribution in [1.82, 2.24) is 15.5 Å². The number of nitrogens with one attached hydrogen (secondary N) is 2. The first-order valence-electron chi connectivity index (χ1n) is 13.6. The molecule has 6 heteroatoms. The molecule has 2 fully saturated rings. The Morgan fingerprint density at radius 3 is 2.22 bits per heavy atom. The number of aryl methyl sites for hydroxylation is 1. The van der Waals surface area contributed by atoms with Crippen LogP contribution in [-0.4, -0.2) is 47.8 Å². The second-order valence-corrected chi connectivity index (χ2v) is 10.2. The van der Waals surface area contributed by atoms with Crippen molar-refractivity contribution in [3.8, 4) is 0 Å². The summed E-state index contributed by atoms with van der Waals surface area (Å²) in [7, 11) is 0. The van der Waals surface area contributed by atoms with Gasteiger partial charge in [-0.2, -0.15) is 0 Å². The van der Waals surface area contributed by atoms with E-state index in [4.69, 9.17) is 0 Å². The molecule has 1 aliphatic carbocycles. The van der Waals surface area contributed by atoms with E-state index in [0.29, 0.717) is 24.2 Å². The van der Waals surface area contributed by atoms with Crippen molar-refractivity contribution in [3.63, 3.8) is 0 Å². The minimum absolute atomic E-state index is 0.000193. The molecule has 1 saturated carbocycles. The molecule has 4 rings (SSSR count). The molecule has 0 spiro atoms. The largest absolute Gasteiger partial charge is 0.351 e. The van der Waals surface area contributed by atoms with E-state index in [9.17, 15) is 14.4 Å². The van der Waals surface area contributed by atoms with Gasteiger partial charge in [0, 0.05) is 36.3 Å². The average Bonchev–Trinajstić information content (AvgIpc) is 2.93. The molecule has 1 saturated heterocycles. The van der Waals surface area contributed by atoms with Crippen molar-refractivity contribution in [2.75, 3.05) is 13.1 Å². The van der Waals surface area contributed by atoms with Crippen molar-refractivity contribution in [2.24, 2.45) is 5.92 Å². The summed E-state index contributed by atoms with van der Waals surface area (Å²) in [6.07, 6.45) is 8.70. The number of likely N-dealkylation sites (tertiary alicyclic amines) is 1. The molecular formula is C30H39N3O3. The van der Waals surface area contributed by atoms with Gasteiger partial charge in [-0.15, -0.1) is 0 Å². The zero-order valence-corrected chi connectivity index (χ0v) is 21.4. The number of piperidine rings is 1. The summed E-state index contributed by atoms with van der Waals surface area (Å²) in [6.45, 7) is 3.30. The SMILES string of the molecule is CCCCc1ccc(C(=O)N2CCCC(C(=O)N[C@@H]3CCCC[C@H]3NC(=O)c3ccccc3)C2)cc1. The maximum absolute atomic E-state index is 13.3. The summed E-state index contributed by atoms with van der Waals surface area (Å²) in [4.78, 5) is 40.9. The van der Waals surface area contributed by atoms with Crippen LogP contribution < -0.4 is 10.6 Å². The Hall–Kier alpha value is -3.15. The van der Waals surface area contributed by atoms with E-state index in [2.05, 4.69) is 17.6 Å². The summed E-state index contributed by atoms with van der Waals surface area (Å²) in [5, 5.41) is 6.37. The van der Waals surface area contributed by atoms with Gasteiger partial charge in [-0.25, -0.2) is 0 Å². The lowest BCUT2D eigenvalue weighted by Crippen LogP contribution is -2.55. The first-order valence-corrected chi connectivity index (χ1v) is 13.6. The standard InChI is InChI=1S/C30H39N3O3/c1-2-3-10-22-16-18-24(19-17-22)30(36)33-20-9-13-25(21-33)29(35)32-27-15-8-7-14-26(27)31-28(34)23-11-5-4-6-12-23/h4-6,11-12,16-19,25-27H,2-3,7-10,13-15,20-21H2,1H3,(H,31,34)(H,32,35)/t25?,26-,27-/m1/s1. The quantitative estimate of drug-likeness (QED) is 0.562. The van der Waals surface area contributed by atoms with Gasteiger partial charge in [-0.3, -0.25) is 14.4 Å². The van der Waals surface area contributed by atoms with Crippen LogP contribution in [0.15, 0.2) is 54.6 Å². The summed E-state index contributed by atoms with van der Waals surface area (Å²) in [5.41, 5.74) is 2.57. The van der Waals surface area contributed by atoms with Crippen LogP contribution >= 0.6 is 0 Å². The molecule has 2 aliphatic rings. The number of hydrogen-bond donors (Lipinski definition) is 2. The third kappa shape index (κ3) is 6.74. The maximum atomic E-state index is 13.3. The minimum Gasteiger partial charge on any atom is -0.351 e. The molecule has 3 amide bonds. The molecule has 2 aromatic rings. The first kappa shape index (κ1) is 25.9. The molecule has 2 N–H and O–H groups in total. The van der Waals surface area contributed by atoms with Gasteiger partial charge in [0.05, 0.1) is 5.92 Å². The topological polar surface area (TPSA) is 78.5 Å². The third-order valence-corrected chi connectivity index (χ3v) is 7.55. The maximum Gasteiger partial charge on any atom is 0.253 e. The highest BCUT2D eigenvalue weighted by molar-refractivity contribution is 5.95. The van der Waals surface area contributed by atoms with E-state index in [1.54, 1.807) is 12.1 Å². The highest BCUT2D eigenvalue weighted by Crippen LogP contribution is 2.23. The van der Waals surface area contributed by atoms with Crippen LogP contribution in [0.25, 0.3) is 0 Å². The molecule has 2 aromatic carbocycles. The monoisotopic (exact) mass is 489 g/mol. The lowest BCUT2D eigenvalue weighted by atomic mass is 9.88. The minimum atomic E-state index is -0.223. The van der Waals surface area contributed by atoms with Crippen LogP contribution in [0.5, 0.6) is 0 Å². The van der Waals surface area contributed by atoms with Gasteiger partial charge in [-0.1, -0.05) is 56.5 Å². The number of benzene rings is 2. The zero-order chi connectivity index (χ0) is 25.3. The van der Waals surface area contributed by atoms with Crippen LogP contribution in [0.2, 0.25) is 0 Å². The molecule has 6 nitrogen and oxygen atoms in total. The molecule has 1 aliphatic heterocycles. The van der Waals surface area contributed by atoms with Gasteiger partial charge in [0.1, 0.15) is 0 Å². The van der Waals surface area contributed by atoms with E-state index >= 15 is 0 Å². The van der Waals surface area contributed by atoms with Gasteiger partial charge in [-0.05, 0) is 68.4 Å². The number of amides is 3. The molecule has 0 bridgehead atoms. The predicted molar refractivity (Wildman–Crippen MR) is 142 cm³/mol. The van der Waals surface area contributed by atoms with Crippen LogP contribution in [0, 0.1) is 5.92 Å². The predicted octanol–water partition coefficient (Wildman–Crippen LogP) is 4.74. The summed E-state index contributed by atoms with van der Waals surface area (Å²) >= 11 is 0. The molecule has 1 heterocycles. The number of rotatable bonds is 8. The molecule has 0 aromatic heterocycles. The molecule has 1 unspecified atom stereocenters. The number of unbranched alkanes of at least 4 members (excludes halogenated alkanes) is 1. The summed E-state index contributed by atoms with van der Waals surface area (Å²) < 4.78 is 0. The lowest BCUT2D eigenvalue weighted by molar-refractivity contribution is -0.127. The van der Waals surface area contributed by atoms with E-state index < -0.39 is 0 Å². The van der Waals surface area contributed by atoms with Crippen molar-refractivity contribution in [1.29, 1.82) is 0 Å². The van der Waals surface area contributed by atoms with Crippen LogP contribution in [0.1, 0.15) is 84.6 Å². The van der Waals surface area contributed by atoms with Crippen molar-refractivity contribution in [3.05, 3.63) is 71.3 Å². The smallest absolute Gasteiger partial charge is 0.253 e. The van der Waals surface area contributed by atoms with Gasteiger partial charge < -0.3 is 15.5 Å². The Labute approximate surface area is 214 Å². The molecule has 192 valence electrons. The Bertz CT molecular complexity index is 1020. The van der Waals surface area contributed by atoms with Gasteiger partial charge in [0.2, 0.25) is 5.91 Å². The van der Waals surface area contributed by atoms with Gasteiger partial charge in [0.25, 0.3) is 11.8 Å². The third-order valence-electron chi connectivity index (χ3n) is 7.55. The Kier molecular flexibility index (Phi) is 9.15. The Morgan fingerprint density at radius 2 is 1.53 bits per heavy atom. The summed E-state index contributed by atoms with van der Waals surface area (Å²) in [5.74, 6) is -0.329. The van der Waals surface area contributed by atoms with E-state index in [1.807, 2.05) is 47.4 Å². The van der Waals surface area contributed by atoms with Gasteiger partial charge in [0.15, 0.2) is 0 Å². The number of carbonyl (C=O) groups is 3. The second-order valence-electron chi connectivity index (χ2n) is 10.2. The van der Waals surface area contributed by atoms with Crippen LogP contribution in [-0.2, 0) is 11.2 Å². The lowest BCUT2D eigenvalue weighted by Gasteiger charge is -2.36. The van der Waals surface area contributed by atoms with Gasteiger partial charge >= 0.3 is 0 Å². The van der Waals surface area contributed by atoms with Crippen LogP contribution in [0.3, 0.4) is 0 Å². The van der Waals surface area contributed by atoms with E-state index in [0.717, 1.165) is 57.8 Å². The molecular weight excluding hydrogens is 450 g/mol. The highest BCUT2D eigenvalue weighted by atomic mass is 16.2. The van der Waals surface area contributed by atoms with Crippen molar-refractivity contribution in [2.45, 2.75) is 76.8 Å². The second kappa shape index (κ2) is 12.7. The fraction of sp³-hybridized carbons (Fsp3) is 0.500.